The molecule has 1 aromatic heterocycles. The van der Waals surface area contributed by atoms with E-state index in [0.29, 0.717) is 5.75 Å². The fourth-order valence-electron chi connectivity index (χ4n) is 1.83. The first-order valence-corrected chi connectivity index (χ1v) is 7.33. The molecule has 3 rings (SSSR count). The number of aromatic nitrogens is 2. The number of H-pyrrole nitrogens is 1. The zero-order chi connectivity index (χ0) is 14.1. The van der Waals surface area contributed by atoms with E-state index in [0.717, 1.165) is 15.2 Å². The molecule has 100 valence electrons. The average Bonchev–Trinajstić information content (AvgIpc) is 2.47. The second-order valence-electron chi connectivity index (χ2n) is 4.05. The molecule has 0 saturated carbocycles. The Kier molecular flexibility index (Phi) is 3.58. The smallest absolute Gasteiger partial charge is 0.268 e. The SMILES string of the molecule is O=c1[nH]cnc(Oc2ccc3ccccc3c2Br)c1Br. The fraction of sp³-hybridized carbons (Fsp3) is 0. The first-order chi connectivity index (χ1) is 9.66. The second kappa shape index (κ2) is 5.38. The van der Waals surface area contributed by atoms with Crippen molar-refractivity contribution in [3.8, 4) is 11.6 Å². The minimum absolute atomic E-state index is 0.227. The van der Waals surface area contributed by atoms with Crippen molar-refractivity contribution < 1.29 is 4.74 Å². The monoisotopic (exact) mass is 394 g/mol. The molecule has 0 aliphatic rings. The van der Waals surface area contributed by atoms with Gasteiger partial charge in [0.1, 0.15) is 10.2 Å². The third-order valence-corrected chi connectivity index (χ3v) is 4.32. The molecular weight excluding hydrogens is 388 g/mol. The van der Waals surface area contributed by atoms with Gasteiger partial charge in [-0.3, -0.25) is 4.79 Å². The van der Waals surface area contributed by atoms with E-state index in [1.807, 2.05) is 36.4 Å². The summed E-state index contributed by atoms with van der Waals surface area (Å²) in [6.45, 7) is 0. The van der Waals surface area contributed by atoms with E-state index in [2.05, 4.69) is 41.8 Å². The number of hydrogen-bond donors (Lipinski definition) is 1. The molecule has 0 unspecified atom stereocenters. The Hall–Kier alpha value is -1.66. The largest absolute Gasteiger partial charge is 0.436 e. The first-order valence-electron chi connectivity index (χ1n) is 5.75. The Morgan fingerprint density at radius 1 is 1.05 bits per heavy atom. The Morgan fingerprint density at radius 2 is 1.85 bits per heavy atom. The van der Waals surface area contributed by atoms with Crippen LogP contribution in [0.3, 0.4) is 0 Å². The maximum atomic E-state index is 11.5. The normalized spacial score (nSPS) is 10.7. The zero-order valence-corrected chi connectivity index (χ0v) is 13.2. The van der Waals surface area contributed by atoms with Crippen LogP contribution in [0.2, 0.25) is 0 Å². The van der Waals surface area contributed by atoms with Gasteiger partial charge in [0, 0.05) is 0 Å². The van der Waals surface area contributed by atoms with Crippen LogP contribution in [0.1, 0.15) is 0 Å². The molecule has 3 aromatic rings. The molecule has 0 aliphatic heterocycles. The standard InChI is InChI=1S/C14H8Br2N2O2/c15-11-9-4-2-1-3-8(9)5-6-10(11)20-14-12(16)13(19)17-7-18-14/h1-7H,(H,17,18,19). The zero-order valence-electron chi connectivity index (χ0n) is 10.1. The highest BCUT2D eigenvalue weighted by atomic mass is 79.9. The van der Waals surface area contributed by atoms with Crippen molar-refractivity contribution in [2.45, 2.75) is 0 Å². The Labute approximate surface area is 131 Å². The molecule has 6 heteroatoms. The van der Waals surface area contributed by atoms with Crippen molar-refractivity contribution in [2.24, 2.45) is 0 Å². The molecule has 0 spiro atoms. The van der Waals surface area contributed by atoms with Crippen molar-refractivity contribution in [1.29, 1.82) is 0 Å². The van der Waals surface area contributed by atoms with Crippen molar-refractivity contribution in [3.05, 3.63) is 62.0 Å². The third kappa shape index (κ3) is 2.36. The van der Waals surface area contributed by atoms with Gasteiger partial charge in [-0.2, -0.15) is 0 Å². The summed E-state index contributed by atoms with van der Waals surface area (Å²) in [4.78, 5) is 18.0. The fourth-order valence-corrected chi connectivity index (χ4v) is 2.71. The average molecular weight is 396 g/mol. The Morgan fingerprint density at radius 3 is 2.70 bits per heavy atom. The molecule has 0 radical (unpaired) electrons. The summed E-state index contributed by atoms with van der Waals surface area (Å²) in [6, 6.07) is 11.7. The predicted molar refractivity (Wildman–Crippen MR) is 84.3 cm³/mol. The maximum absolute atomic E-state index is 11.5. The summed E-state index contributed by atoms with van der Waals surface area (Å²) in [7, 11) is 0. The molecule has 0 aliphatic carbocycles. The summed E-state index contributed by atoms with van der Waals surface area (Å²) in [5.41, 5.74) is -0.285. The van der Waals surface area contributed by atoms with Crippen molar-refractivity contribution in [2.75, 3.05) is 0 Å². The molecule has 0 atom stereocenters. The lowest BCUT2D eigenvalue weighted by Gasteiger charge is -2.09. The molecule has 0 saturated heterocycles. The lowest BCUT2D eigenvalue weighted by atomic mass is 10.1. The number of halogens is 2. The van der Waals surface area contributed by atoms with Crippen LogP contribution < -0.4 is 10.3 Å². The molecule has 0 bridgehead atoms. The minimum Gasteiger partial charge on any atom is -0.436 e. The van der Waals surface area contributed by atoms with E-state index < -0.39 is 0 Å². The maximum Gasteiger partial charge on any atom is 0.268 e. The Balaban J connectivity index is 2.09. The number of nitrogens with one attached hydrogen (secondary N) is 1. The number of fused-ring (bicyclic) bond motifs is 1. The predicted octanol–water partition coefficient (Wildman–Crippen LogP) is 4.24. The van der Waals surface area contributed by atoms with Gasteiger partial charge in [-0.25, -0.2) is 4.98 Å². The summed E-state index contributed by atoms with van der Waals surface area (Å²) in [5.74, 6) is 0.826. The van der Waals surface area contributed by atoms with Crippen LogP contribution >= 0.6 is 31.9 Å². The third-order valence-electron chi connectivity index (χ3n) is 2.80. The van der Waals surface area contributed by atoms with Crippen molar-refractivity contribution >= 4 is 42.6 Å². The number of hydrogen-bond acceptors (Lipinski definition) is 3. The topological polar surface area (TPSA) is 55.0 Å². The number of aromatic amines is 1. The minimum atomic E-state index is -0.285. The summed E-state index contributed by atoms with van der Waals surface area (Å²) in [5, 5.41) is 2.13. The van der Waals surface area contributed by atoms with Crippen LogP contribution in [0.15, 0.2) is 56.5 Å². The van der Waals surface area contributed by atoms with Gasteiger partial charge >= 0.3 is 0 Å². The first kappa shape index (κ1) is 13.3. The number of ether oxygens (including phenoxy) is 1. The molecule has 0 fully saturated rings. The molecule has 1 heterocycles. The van der Waals surface area contributed by atoms with Crippen LogP contribution in [-0.4, -0.2) is 9.97 Å². The van der Waals surface area contributed by atoms with E-state index in [4.69, 9.17) is 4.74 Å². The van der Waals surface area contributed by atoms with E-state index in [9.17, 15) is 4.79 Å². The molecule has 1 N–H and O–H groups in total. The van der Waals surface area contributed by atoms with Gasteiger partial charge in [-0.15, -0.1) is 0 Å². The van der Waals surface area contributed by atoms with Crippen LogP contribution in [0.25, 0.3) is 10.8 Å². The van der Waals surface area contributed by atoms with Crippen molar-refractivity contribution in [1.82, 2.24) is 9.97 Å². The van der Waals surface area contributed by atoms with Gasteiger partial charge in [0.05, 0.1) is 10.8 Å². The molecule has 20 heavy (non-hydrogen) atoms. The van der Waals surface area contributed by atoms with Crippen LogP contribution in [0.4, 0.5) is 0 Å². The van der Waals surface area contributed by atoms with Crippen LogP contribution in [-0.2, 0) is 0 Å². The van der Waals surface area contributed by atoms with Gasteiger partial charge in [0.15, 0.2) is 0 Å². The summed E-state index contributed by atoms with van der Waals surface area (Å²) < 4.78 is 6.79. The van der Waals surface area contributed by atoms with Gasteiger partial charge in [0.2, 0.25) is 5.88 Å². The highest BCUT2D eigenvalue weighted by Gasteiger charge is 2.11. The number of nitrogens with zero attached hydrogens (tertiary/aromatic N) is 1. The lowest BCUT2D eigenvalue weighted by Crippen LogP contribution is -2.08. The van der Waals surface area contributed by atoms with E-state index in [-0.39, 0.29) is 15.9 Å². The molecular formula is C14H8Br2N2O2. The van der Waals surface area contributed by atoms with Gasteiger partial charge < -0.3 is 9.72 Å². The summed E-state index contributed by atoms with van der Waals surface area (Å²) >= 11 is 6.69. The van der Waals surface area contributed by atoms with Gasteiger partial charge in [-0.05, 0) is 48.7 Å². The van der Waals surface area contributed by atoms with E-state index >= 15 is 0 Å². The van der Waals surface area contributed by atoms with Gasteiger partial charge in [-0.1, -0.05) is 30.3 Å². The quantitative estimate of drug-likeness (QED) is 0.705. The lowest BCUT2D eigenvalue weighted by molar-refractivity contribution is 0.455. The second-order valence-corrected chi connectivity index (χ2v) is 5.64. The van der Waals surface area contributed by atoms with E-state index in [1.165, 1.54) is 6.33 Å². The highest BCUT2D eigenvalue weighted by molar-refractivity contribution is 9.11. The van der Waals surface area contributed by atoms with Crippen LogP contribution in [0.5, 0.6) is 11.6 Å². The highest BCUT2D eigenvalue weighted by Crippen LogP contribution is 2.36. The molecule has 0 amide bonds. The molecule has 4 nitrogen and oxygen atoms in total. The molecule has 2 aromatic carbocycles. The number of rotatable bonds is 2. The van der Waals surface area contributed by atoms with E-state index in [1.54, 1.807) is 0 Å². The Bertz CT molecular complexity index is 846. The van der Waals surface area contributed by atoms with Gasteiger partial charge in [0.25, 0.3) is 5.56 Å². The summed E-state index contributed by atoms with van der Waals surface area (Å²) in [6.07, 6.45) is 1.30. The number of benzene rings is 2. The van der Waals surface area contributed by atoms with Crippen LogP contribution in [0, 0.1) is 0 Å². The van der Waals surface area contributed by atoms with Crippen molar-refractivity contribution in [3.63, 3.8) is 0 Å².